The Bertz CT molecular complexity index is 306. The van der Waals surface area contributed by atoms with Crippen LogP contribution >= 0.6 is 0 Å². The Hall–Kier alpha value is -1.53. The van der Waals surface area contributed by atoms with Crippen molar-refractivity contribution in [1.29, 1.82) is 0 Å². The van der Waals surface area contributed by atoms with Crippen LogP contribution in [0.5, 0.6) is 0 Å². The van der Waals surface area contributed by atoms with Gasteiger partial charge in [0.1, 0.15) is 0 Å². The Labute approximate surface area is 71.3 Å². The van der Waals surface area contributed by atoms with E-state index in [0.29, 0.717) is 0 Å². The number of aromatic amines is 1. The van der Waals surface area contributed by atoms with Gasteiger partial charge in [-0.05, 0) is 0 Å². The van der Waals surface area contributed by atoms with Crippen LogP contribution in [-0.4, -0.2) is 23.7 Å². The molecule has 0 fully saturated rings. The molecule has 72 valence electrons. The molecule has 1 aromatic rings. The second-order valence-corrected chi connectivity index (χ2v) is 2.34. The quantitative estimate of drug-likeness (QED) is 0.713. The second-order valence-electron chi connectivity index (χ2n) is 2.34. The molecule has 0 radical (unpaired) electrons. The lowest BCUT2D eigenvalue weighted by Crippen LogP contribution is -2.18. The number of halogens is 3. The summed E-state index contributed by atoms with van der Waals surface area (Å²) in [5.41, 5.74) is -1.32. The zero-order chi connectivity index (χ0) is 10.1. The summed E-state index contributed by atoms with van der Waals surface area (Å²) >= 11 is 0. The molecule has 0 aromatic carbocycles. The second kappa shape index (κ2) is 3.08. The van der Waals surface area contributed by atoms with Crippen molar-refractivity contribution in [2.75, 3.05) is 11.9 Å². The summed E-state index contributed by atoms with van der Waals surface area (Å²) < 4.78 is 36.5. The van der Waals surface area contributed by atoms with Gasteiger partial charge in [-0.15, -0.1) is 0 Å². The Balaban J connectivity index is 3.10. The molecule has 0 aliphatic heterocycles. The highest BCUT2D eigenvalue weighted by Crippen LogP contribution is 2.33. The molecule has 1 amide bonds. The first kappa shape index (κ1) is 9.56. The molecule has 0 spiro atoms. The highest BCUT2D eigenvalue weighted by Gasteiger charge is 2.36. The lowest BCUT2D eigenvalue weighted by molar-refractivity contribution is -0.140. The van der Waals surface area contributed by atoms with E-state index in [1.807, 2.05) is 0 Å². The number of rotatable bonds is 2. The zero-order valence-electron chi connectivity index (χ0n) is 6.59. The summed E-state index contributed by atoms with van der Waals surface area (Å²) in [6.45, 7) is 0. The van der Waals surface area contributed by atoms with E-state index in [-0.39, 0.29) is 12.1 Å². The van der Waals surface area contributed by atoms with Gasteiger partial charge in [-0.1, -0.05) is 0 Å². The fourth-order valence-electron chi connectivity index (χ4n) is 0.813. The Morgan fingerprint density at radius 1 is 1.62 bits per heavy atom. The van der Waals surface area contributed by atoms with E-state index < -0.39 is 11.9 Å². The number of amides is 1. The molecule has 0 aliphatic carbocycles. The van der Waals surface area contributed by atoms with Crippen LogP contribution in [0.3, 0.4) is 0 Å². The molecular weight excluding hydrogens is 187 g/mol. The van der Waals surface area contributed by atoms with E-state index in [0.717, 1.165) is 11.1 Å². The molecule has 1 N–H and O–H groups in total. The van der Waals surface area contributed by atoms with Gasteiger partial charge in [-0.25, -0.2) is 0 Å². The van der Waals surface area contributed by atoms with Gasteiger partial charge in [-0.3, -0.25) is 9.89 Å². The van der Waals surface area contributed by atoms with Gasteiger partial charge in [0.05, 0.1) is 11.9 Å². The van der Waals surface area contributed by atoms with Gasteiger partial charge in [-0.2, -0.15) is 18.3 Å². The fourth-order valence-corrected chi connectivity index (χ4v) is 0.813. The van der Waals surface area contributed by atoms with Gasteiger partial charge < -0.3 is 4.90 Å². The Kier molecular flexibility index (Phi) is 2.26. The van der Waals surface area contributed by atoms with Gasteiger partial charge in [0.2, 0.25) is 6.41 Å². The minimum Gasteiger partial charge on any atom is -0.315 e. The molecule has 1 aromatic heterocycles. The van der Waals surface area contributed by atoms with Crippen molar-refractivity contribution in [1.82, 2.24) is 10.2 Å². The number of aromatic nitrogens is 2. The molecule has 0 bridgehead atoms. The molecule has 0 atom stereocenters. The number of alkyl halides is 3. The maximum atomic E-state index is 12.2. The molecule has 4 nitrogen and oxygen atoms in total. The maximum Gasteiger partial charge on any atom is 0.434 e. The Morgan fingerprint density at radius 2 is 2.23 bits per heavy atom. The monoisotopic (exact) mass is 193 g/mol. The number of carbonyl (C=O) groups is 1. The average molecular weight is 193 g/mol. The summed E-state index contributed by atoms with van der Waals surface area (Å²) in [5, 5.41) is 5.00. The van der Waals surface area contributed by atoms with Gasteiger partial charge in [0.15, 0.2) is 5.69 Å². The highest BCUT2D eigenvalue weighted by molar-refractivity contribution is 5.75. The average Bonchev–Trinajstić information content (AvgIpc) is 2.49. The van der Waals surface area contributed by atoms with Crippen molar-refractivity contribution in [3.63, 3.8) is 0 Å². The van der Waals surface area contributed by atoms with Crippen LogP contribution in [0.25, 0.3) is 0 Å². The third kappa shape index (κ3) is 1.79. The predicted molar refractivity (Wildman–Crippen MR) is 38.1 cm³/mol. The summed E-state index contributed by atoms with van der Waals surface area (Å²) in [6.07, 6.45) is -3.31. The molecule has 0 saturated carbocycles. The molecule has 0 unspecified atom stereocenters. The van der Waals surface area contributed by atoms with Gasteiger partial charge in [0.25, 0.3) is 0 Å². The first-order valence-corrected chi connectivity index (χ1v) is 3.25. The minimum atomic E-state index is -4.52. The van der Waals surface area contributed by atoms with E-state index in [9.17, 15) is 18.0 Å². The van der Waals surface area contributed by atoms with Crippen molar-refractivity contribution in [2.24, 2.45) is 0 Å². The normalized spacial score (nSPS) is 11.4. The molecule has 13 heavy (non-hydrogen) atoms. The molecular formula is C6H6F3N3O. The first-order chi connectivity index (χ1) is 5.96. The Morgan fingerprint density at radius 3 is 2.69 bits per heavy atom. The van der Waals surface area contributed by atoms with E-state index >= 15 is 0 Å². The molecule has 0 saturated heterocycles. The van der Waals surface area contributed by atoms with Crippen LogP contribution in [0.4, 0.5) is 18.9 Å². The molecule has 7 heteroatoms. The van der Waals surface area contributed by atoms with Crippen LogP contribution in [-0.2, 0) is 11.0 Å². The number of hydrogen-bond donors (Lipinski definition) is 1. The van der Waals surface area contributed by atoms with Crippen molar-refractivity contribution < 1.29 is 18.0 Å². The first-order valence-electron chi connectivity index (χ1n) is 3.25. The zero-order valence-corrected chi connectivity index (χ0v) is 6.59. The van der Waals surface area contributed by atoms with Crippen molar-refractivity contribution in [3.8, 4) is 0 Å². The third-order valence-electron chi connectivity index (χ3n) is 1.44. The smallest absolute Gasteiger partial charge is 0.315 e. The number of carbonyl (C=O) groups excluding carboxylic acids is 1. The standard InChI is InChI=1S/C6H6F3N3O/c1-12(3-13)4-2-10-11-5(4)6(7,8)9/h2-3H,1H3,(H,10,11). The maximum absolute atomic E-state index is 12.2. The fraction of sp³-hybridized carbons (Fsp3) is 0.333. The summed E-state index contributed by atoms with van der Waals surface area (Å²) in [7, 11) is 1.22. The van der Waals surface area contributed by atoms with E-state index in [1.54, 1.807) is 5.10 Å². The lowest BCUT2D eigenvalue weighted by atomic mass is 10.3. The third-order valence-corrected chi connectivity index (χ3v) is 1.44. The number of H-pyrrole nitrogens is 1. The predicted octanol–water partition coefficient (Wildman–Crippen LogP) is 1.02. The van der Waals surface area contributed by atoms with Crippen LogP contribution < -0.4 is 4.90 Å². The largest absolute Gasteiger partial charge is 0.434 e. The van der Waals surface area contributed by atoms with E-state index in [1.165, 1.54) is 7.05 Å². The van der Waals surface area contributed by atoms with Crippen LogP contribution in [0, 0.1) is 0 Å². The topological polar surface area (TPSA) is 49.0 Å². The summed E-state index contributed by atoms with van der Waals surface area (Å²) in [4.78, 5) is 11.0. The van der Waals surface area contributed by atoms with Gasteiger partial charge >= 0.3 is 6.18 Å². The minimum absolute atomic E-state index is 0.278. The number of nitrogens with zero attached hydrogens (tertiary/aromatic N) is 2. The van der Waals surface area contributed by atoms with Crippen molar-refractivity contribution >= 4 is 12.1 Å². The van der Waals surface area contributed by atoms with Crippen LogP contribution in [0.1, 0.15) is 5.69 Å². The molecule has 1 heterocycles. The van der Waals surface area contributed by atoms with Crippen molar-refractivity contribution in [3.05, 3.63) is 11.9 Å². The van der Waals surface area contributed by atoms with Crippen LogP contribution in [0.2, 0.25) is 0 Å². The van der Waals surface area contributed by atoms with Gasteiger partial charge in [0, 0.05) is 7.05 Å². The number of anilines is 1. The summed E-state index contributed by atoms with van der Waals surface area (Å²) in [6, 6.07) is 0. The SMILES string of the molecule is CN(C=O)c1cn[nH]c1C(F)(F)F. The van der Waals surface area contributed by atoms with Crippen molar-refractivity contribution in [2.45, 2.75) is 6.18 Å². The van der Waals surface area contributed by atoms with E-state index in [4.69, 9.17) is 0 Å². The molecule has 0 aliphatic rings. The number of hydrogen-bond acceptors (Lipinski definition) is 2. The molecule has 1 rings (SSSR count). The highest BCUT2D eigenvalue weighted by atomic mass is 19.4. The summed E-state index contributed by atoms with van der Waals surface area (Å²) in [5.74, 6) is 0. The number of nitrogens with one attached hydrogen (secondary N) is 1. The van der Waals surface area contributed by atoms with E-state index in [2.05, 4.69) is 5.10 Å². The van der Waals surface area contributed by atoms with Crippen LogP contribution in [0.15, 0.2) is 6.20 Å². The lowest BCUT2D eigenvalue weighted by Gasteiger charge is -2.11.